The molecule has 108 valence electrons. The first-order valence-corrected chi connectivity index (χ1v) is 7.75. The molecule has 1 rings (SSSR count). The summed E-state index contributed by atoms with van der Waals surface area (Å²) in [5.74, 6) is 3.09. The predicted octanol–water partition coefficient (Wildman–Crippen LogP) is 0.543. The van der Waals surface area contributed by atoms with E-state index in [2.05, 4.69) is 17.2 Å². The van der Waals surface area contributed by atoms with E-state index in [1.807, 2.05) is 0 Å². The molecule has 1 amide bonds. The van der Waals surface area contributed by atoms with Crippen LogP contribution in [0, 0.1) is 17.7 Å². The number of carbonyl (C=O) groups excluding carboxylic acids is 1. The number of amides is 1. The Morgan fingerprint density at radius 3 is 2.70 bits per heavy atom. The number of hydrogen-bond donors (Lipinski definition) is 2. The number of rotatable bonds is 4. The fourth-order valence-electron chi connectivity index (χ4n) is 1.34. The van der Waals surface area contributed by atoms with Gasteiger partial charge < -0.3 is 10.4 Å². The van der Waals surface area contributed by atoms with Gasteiger partial charge in [0.05, 0.1) is 12.2 Å². The van der Waals surface area contributed by atoms with E-state index in [1.54, 1.807) is 0 Å². The molecule has 0 aliphatic heterocycles. The number of sulfone groups is 1. The Morgan fingerprint density at radius 2 is 2.15 bits per heavy atom. The Balaban J connectivity index is 2.78. The van der Waals surface area contributed by atoms with Crippen LogP contribution in [0.2, 0.25) is 0 Å². The van der Waals surface area contributed by atoms with Gasteiger partial charge in [-0.2, -0.15) is 0 Å². The first-order valence-electron chi connectivity index (χ1n) is 5.68. The molecule has 0 spiro atoms. The SMILES string of the molecule is CS(=O)(=O)CC(=O)Nc1ccc(C#CCCO)c(F)c1. The number of aliphatic hydroxyl groups is 1. The second-order valence-corrected chi connectivity index (χ2v) is 6.23. The van der Waals surface area contributed by atoms with Gasteiger partial charge in [0.1, 0.15) is 11.6 Å². The summed E-state index contributed by atoms with van der Waals surface area (Å²) >= 11 is 0. The number of halogens is 1. The van der Waals surface area contributed by atoms with Gasteiger partial charge in [-0.3, -0.25) is 4.79 Å². The van der Waals surface area contributed by atoms with E-state index < -0.39 is 27.3 Å². The molecular formula is C13H14FNO4S. The summed E-state index contributed by atoms with van der Waals surface area (Å²) in [4.78, 5) is 11.4. The minimum absolute atomic E-state index is 0.103. The lowest BCUT2D eigenvalue weighted by Gasteiger charge is -2.05. The normalized spacial score (nSPS) is 10.6. The Labute approximate surface area is 116 Å². The highest BCUT2D eigenvalue weighted by Crippen LogP contribution is 2.14. The van der Waals surface area contributed by atoms with Crippen LogP contribution in [0.4, 0.5) is 10.1 Å². The zero-order chi connectivity index (χ0) is 15.2. The number of aliphatic hydroxyl groups excluding tert-OH is 1. The van der Waals surface area contributed by atoms with E-state index in [4.69, 9.17) is 5.11 Å². The Kier molecular flexibility index (Phi) is 5.67. The Bertz CT molecular complexity index is 659. The van der Waals surface area contributed by atoms with Gasteiger partial charge in [-0.05, 0) is 18.2 Å². The molecule has 0 aliphatic carbocycles. The van der Waals surface area contributed by atoms with E-state index >= 15 is 0 Å². The summed E-state index contributed by atoms with van der Waals surface area (Å²) in [7, 11) is -3.43. The maximum absolute atomic E-state index is 13.6. The number of hydrogen-bond acceptors (Lipinski definition) is 4. The van der Waals surface area contributed by atoms with Crippen LogP contribution in [-0.2, 0) is 14.6 Å². The molecule has 20 heavy (non-hydrogen) atoms. The second kappa shape index (κ2) is 7.03. The van der Waals surface area contributed by atoms with E-state index in [-0.39, 0.29) is 24.3 Å². The van der Waals surface area contributed by atoms with Gasteiger partial charge in [-0.1, -0.05) is 11.8 Å². The average molecular weight is 299 g/mol. The smallest absolute Gasteiger partial charge is 0.239 e. The number of benzene rings is 1. The van der Waals surface area contributed by atoms with Crippen LogP contribution < -0.4 is 5.32 Å². The maximum atomic E-state index is 13.6. The maximum Gasteiger partial charge on any atom is 0.239 e. The topological polar surface area (TPSA) is 83.5 Å². The summed E-state index contributed by atoms with van der Waals surface area (Å²) in [5.41, 5.74) is 0.295. The van der Waals surface area contributed by atoms with Crippen LogP contribution >= 0.6 is 0 Å². The summed E-state index contributed by atoms with van der Waals surface area (Å²) < 4.78 is 35.5. The lowest BCUT2D eigenvalue weighted by molar-refractivity contribution is -0.113. The van der Waals surface area contributed by atoms with Gasteiger partial charge in [0, 0.05) is 18.4 Å². The van der Waals surface area contributed by atoms with Crippen molar-refractivity contribution in [2.45, 2.75) is 6.42 Å². The first kappa shape index (κ1) is 16.1. The molecule has 1 aromatic carbocycles. The number of nitrogens with one attached hydrogen (secondary N) is 1. The predicted molar refractivity (Wildman–Crippen MR) is 73.3 cm³/mol. The molecule has 0 bridgehead atoms. The van der Waals surface area contributed by atoms with Crippen molar-refractivity contribution >= 4 is 21.4 Å². The van der Waals surface area contributed by atoms with Crippen molar-refractivity contribution in [1.29, 1.82) is 0 Å². The lowest BCUT2D eigenvalue weighted by atomic mass is 10.2. The van der Waals surface area contributed by atoms with Crippen molar-refractivity contribution < 1.29 is 22.7 Å². The van der Waals surface area contributed by atoms with Crippen molar-refractivity contribution in [2.24, 2.45) is 0 Å². The van der Waals surface area contributed by atoms with Crippen LogP contribution in [0.3, 0.4) is 0 Å². The molecule has 0 saturated carbocycles. The van der Waals surface area contributed by atoms with Crippen molar-refractivity contribution in [3.63, 3.8) is 0 Å². The zero-order valence-corrected chi connectivity index (χ0v) is 11.6. The average Bonchev–Trinajstić information content (AvgIpc) is 2.29. The molecule has 5 nitrogen and oxygen atoms in total. The van der Waals surface area contributed by atoms with Crippen molar-refractivity contribution in [3.8, 4) is 11.8 Å². The molecule has 0 aliphatic rings. The van der Waals surface area contributed by atoms with Crippen LogP contribution in [-0.4, -0.2) is 38.0 Å². The Morgan fingerprint density at radius 1 is 1.45 bits per heavy atom. The highest BCUT2D eigenvalue weighted by molar-refractivity contribution is 7.91. The molecule has 2 N–H and O–H groups in total. The van der Waals surface area contributed by atoms with Gasteiger partial charge >= 0.3 is 0 Å². The van der Waals surface area contributed by atoms with E-state index in [0.29, 0.717) is 0 Å². The minimum atomic E-state index is -3.43. The fourth-order valence-corrected chi connectivity index (χ4v) is 1.89. The van der Waals surface area contributed by atoms with E-state index in [9.17, 15) is 17.6 Å². The largest absolute Gasteiger partial charge is 0.395 e. The van der Waals surface area contributed by atoms with Crippen molar-refractivity contribution in [2.75, 3.05) is 23.9 Å². The van der Waals surface area contributed by atoms with Gasteiger partial charge in [0.2, 0.25) is 5.91 Å². The number of carbonyl (C=O) groups is 1. The van der Waals surface area contributed by atoms with Gasteiger partial charge in [0.25, 0.3) is 0 Å². The summed E-state index contributed by atoms with van der Waals surface area (Å²) in [6.45, 7) is -0.103. The van der Waals surface area contributed by atoms with E-state index in [1.165, 1.54) is 12.1 Å². The van der Waals surface area contributed by atoms with Crippen molar-refractivity contribution in [3.05, 3.63) is 29.6 Å². The second-order valence-electron chi connectivity index (χ2n) is 4.09. The monoisotopic (exact) mass is 299 g/mol. The molecular weight excluding hydrogens is 285 g/mol. The van der Waals surface area contributed by atoms with Crippen molar-refractivity contribution in [1.82, 2.24) is 0 Å². The number of anilines is 1. The fraction of sp³-hybridized carbons (Fsp3) is 0.308. The summed E-state index contributed by atoms with van der Waals surface area (Å²) in [6.07, 6.45) is 1.18. The third kappa shape index (κ3) is 5.82. The third-order valence-corrected chi connectivity index (χ3v) is 2.89. The molecule has 0 atom stereocenters. The van der Waals surface area contributed by atoms with Crippen LogP contribution in [0.1, 0.15) is 12.0 Å². The zero-order valence-electron chi connectivity index (χ0n) is 10.8. The lowest BCUT2D eigenvalue weighted by Crippen LogP contribution is -2.21. The summed E-state index contributed by atoms with van der Waals surface area (Å²) in [5, 5.41) is 10.8. The van der Waals surface area contributed by atoms with Crippen LogP contribution in [0.15, 0.2) is 18.2 Å². The van der Waals surface area contributed by atoms with Crippen LogP contribution in [0.25, 0.3) is 0 Å². The minimum Gasteiger partial charge on any atom is -0.395 e. The van der Waals surface area contributed by atoms with Gasteiger partial charge in [-0.15, -0.1) is 0 Å². The molecule has 1 aromatic rings. The molecule has 0 unspecified atom stereocenters. The van der Waals surface area contributed by atoms with Gasteiger partial charge in [-0.25, -0.2) is 12.8 Å². The Hall–Kier alpha value is -1.91. The highest BCUT2D eigenvalue weighted by Gasteiger charge is 2.11. The quantitative estimate of drug-likeness (QED) is 0.795. The van der Waals surface area contributed by atoms with Gasteiger partial charge in [0.15, 0.2) is 9.84 Å². The highest BCUT2D eigenvalue weighted by atomic mass is 32.2. The first-order chi connectivity index (χ1) is 9.31. The standard InChI is InChI=1S/C13H14FNO4S/c1-20(18,19)9-13(17)15-11-6-5-10(12(14)8-11)4-2-3-7-16/h5-6,8,16H,3,7,9H2,1H3,(H,15,17). The summed E-state index contributed by atoms with van der Waals surface area (Å²) in [6, 6.07) is 3.85. The molecule has 0 aromatic heterocycles. The molecule has 0 radical (unpaired) electrons. The molecule has 0 saturated heterocycles. The molecule has 0 fully saturated rings. The molecule has 7 heteroatoms. The molecule has 0 heterocycles. The van der Waals surface area contributed by atoms with E-state index in [0.717, 1.165) is 12.3 Å². The van der Waals surface area contributed by atoms with Crippen LogP contribution in [0.5, 0.6) is 0 Å². The third-order valence-electron chi connectivity index (χ3n) is 2.11.